The maximum atomic E-state index is 14.3. The van der Waals surface area contributed by atoms with E-state index in [1.807, 2.05) is 0 Å². The number of methoxy groups -OCH3 is 1. The highest BCUT2D eigenvalue weighted by molar-refractivity contribution is 5.73. The van der Waals surface area contributed by atoms with E-state index >= 15 is 0 Å². The summed E-state index contributed by atoms with van der Waals surface area (Å²) in [6.07, 6.45) is 7.09. The van der Waals surface area contributed by atoms with Crippen LogP contribution in [0.1, 0.15) is 69.8 Å². The van der Waals surface area contributed by atoms with E-state index in [2.05, 4.69) is 6.92 Å². The minimum absolute atomic E-state index is 0.00555. The number of halogens is 2. The van der Waals surface area contributed by atoms with Gasteiger partial charge in [0.1, 0.15) is 6.10 Å². The van der Waals surface area contributed by atoms with Crippen LogP contribution in [-0.2, 0) is 9.53 Å². The summed E-state index contributed by atoms with van der Waals surface area (Å²) >= 11 is 0. The Balaban J connectivity index is 1.58. The number of carbonyl (C=O) groups excluding carboxylic acids is 1. The number of ether oxygens (including phenoxy) is 2. The summed E-state index contributed by atoms with van der Waals surface area (Å²) in [7, 11) is 1.33. The summed E-state index contributed by atoms with van der Waals surface area (Å²) in [4.78, 5) is 12.1. The Morgan fingerprint density at radius 2 is 1.81 bits per heavy atom. The summed E-state index contributed by atoms with van der Waals surface area (Å²) in [5.74, 6) is -1.40. The van der Waals surface area contributed by atoms with Gasteiger partial charge in [0, 0.05) is 0 Å². The van der Waals surface area contributed by atoms with Gasteiger partial charge in [-0.25, -0.2) is 4.39 Å². The first kappa shape index (κ1) is 19.1. The molecule has 3 rings (SSSR count). The van der Waals surface area contributed by atoms with Crippen molar-refractivity contribution in [3.63, 3.8) is 0 Å². The third-order valence-corrected chi connectivity index (χ3v) is 6.07. The Hall–Kier alpha value is -1.65. The van der Waals surface area contributed by atoms with E-state index in [4.69, 9.17) is 9.47 Å². The molecule has 1 aliphatic carbocycles. The Kier molecular flexibility index (Phi) is 6.15. The van der Waals surface area contributed by atoms with Crippen LogP contribution < -0.4 is 4.74 Å². The SMILES string of the molecule is CCCC1CCC(C2CCC(c3ccc(OC)c(F)c3F)CC2)OC1=O. The second kappa shape index (κ2) is 8.36. The van der Waals surface area contributed by atoms with Gasteiger partial charge >= 0.3 is 5.97 Å². The lowest BCUT2D eigenvalue weighted by atomic mass is 9.74. The molecule has 1 aromatic carbocycles. The quantitative estimate of drug-likeness (QED) is 0.657. The molecule has 3 nitrogen and oxygen atoms in total. The van der Waals surface area contributed by atoms with Gasteiger partial charge in [0.05, 0.1) is 13.0 Å². The molecule has 144 valence electrons. The molecule has 5 heteroatoms. The molecule has 1 aromatic rings. The first-order valence-electron chi connectivity index (χ1n) is 9.77. The molecule has 0 radical (unpaired) electrons. The number of esters is 1. The first-order chi connectivity index (χ1) is 12.5. The van der Waals surface area contributed by atoms with Gasteiger partial charge in [0.2, 0.25) is 5.82 Å². The third kappa shape index (κ3) is 3.86. The molecule has 0 bridgehead atoms. The Morgan fingerprint density at radius 3 is 2.42 bits per heavy atom. The van der Waals surface area contributed by atoms with Crippen molar-refractivity contribution in [2.75, 3.05) is 7.11 Å². The average molecular weight is 366 g/mol. The first-order valence-corrected chi connectivity index (χ1v) is 9.77. The molecule has 26 heavy (non-hydrogen) atoms. The van der Waals surface area contributed by atoms with Crippen molar-refractivity contribution < 1.29 is 23.0 Å². The van der Waals surface area contributed by atoms with Gasteiger partial charge < -0.3 is 9.47 Å². The number of cyclic esters (lactones) is 1. The summed E-state index contributed by atoms with van der Waals surface area (Å²) in [5.41, 5.74) is 0.436. The fraction of sp³-hybridized carbons (Fsp3) is 0.667. The van der Waals surface area contributed by atoms with E-state index in [0.717, 1.165) is 51.4 Å². The van der Waals surface area contributed by atoms with Crippen molar-refractivity contribution in [3.05, 3.63) is 29.3 Å². The normalized spacial score (nSPS) is 29.3. The van der Waals surface area contributed by atoms with Crippen LogP contribution in [0.25, 0.3) is 0 Å². The molecule has 1 aliphatic heterocycles. The van der Waals surface area contributed by atoms with E-state index in [0.29, 0.717) is 11.5 Å². The second-order valence-electron chi connectivity index (χ2n) is 7.64. The molecule has 0 N–H and O–H groups in total. The predicted molar refractivity (Wildman–Crippen MR) is 95.1 cm³/mol. The monoisotopic (exact) mass is 366 g/mol. The van der Waals surface area contributed by atoms with Crippen LogP contribution in [0, 0.1) is 23.5 Å². The molecular formula is C21H28F2O3. The van der Waals surface area contributed by atoms with E-state index in [1.165, 1.54) is 13.2 Å². The molecule has 2 unspecified atom stereocenters. The molecule has 1 saturated carbocycles. The van der Waals surface area contributed by atoms with Crippen molar-refractivity contribution in [2.45, 2.75) is 70.3 Å². The maximum absolute atomic E-state index is 14.3. The van der Waals surface area contributed by atoms with Crippen molar-refractivity contribution in [2.24, 2.45) is 11.8 Å². The molecule has 0 amide bonds. The standard InChI is InChI=1S/C21H28F2O3/c1-3-4-15-9-11-17(26-21(15)24)14-7-5-13(6-8-14)16-10-12-18(25-2)20(23)19(16)22/h10,12-15,17H,3-9,11H2,1-2H3. The average Bonchev–Trinajstić information content (AvgIpc) is 2.66. The van der Waals surface area contributed by atoms with Gasteiger partial charge in [0.25, 0.3) is 0 Å². The Bertz CT molecular complexity index is 638. The van der Waals surface area contributed by atoms with E-state index in [1.54, 1.807) is 6.07 Å². The lowest BCUT2D eigenvalue weighted by molar-refractivity contribution is -0.165. The maximum Gasteiger partial charge on any atom is 0.309 e. The zero-order valence-electron chi connectivity index (χ0n) is 15.6. The highest BCUT2D eigenvalue weighted by Gasteiger charge is 2.36. The number of benzene rings is 1. The number of hydrogen-bond donors (Lipinski definition) is 0. The summed E-state index contributed by atoms with van der Waals surface area (Å²) in [6, 6.07) is 3.13. The number of carbonyl (C=O) groups is 1. The molecular weight excluding hydrogens is 338 g/mol. The number of hydrogen-bond acceptors (Lipinski definition) is 3. The van der Waals surface area contributed by atoms with Gasteiger partial charge in [-0.15, -0.1) is 0 Å². The Labute approximate surface area is 154 Å². The highest BCUT2D eigenvalue weighted by Crippen LogP contribution is 2.42. The van der Waals surface area contributed by atoms with Crippen LogP contribution in [0.4, 0.5) is 8.78 Å². The van der Waals surface area contributed by atoms with Crippen molar-refractivity contribution in [3.8, 4) is 5.75 Å². The second-order valence-corrected chi connectivity index (χ2v) is 7.64. The topological polar surface area (TPSA) is 35.5 Å². The van der Waals surface area contributed by atoms with Crippen molar-refractivity contribution >= 4 is 5.97 Å². The number of rotatable bonds is 5. The van der Waals surface area contributed by atoms with E-state index < -0.39 is 11.6 Å². The van der Waals surface area contributed by atoms with Gasteiger partial charge in [-0.2, -0.15) is 4.39 Å². The van der Waals surface area contributed by atoms with E-state index in [9.17, 15) is 13.6 Å². The molecule has 0 spiro atoms. The van der Waals surface area contributed by atoms with Crippen LogP contribution in [0.5, 0.6) is 5.75 Å². The molecule has 2 fully saturated rings. The zero-order chi connectivity index (χ0) is 18.7. The smallest absolute Gasteiger partial charge is 0.309 e. The summed E-state index contributed by atoms with van der Waals surface area (Å²) in [5, 5.41) is 0. The lowest BCUT2D eigenvalue weighted by Gasteiger charge is -2.37. The molecule has 1 saturated heterocycles. The lowest BCUT2D eigenvalue weighted by Crippen LogP contribution is -2.37. The van der Waals surface area contributed by atoms with Gasteiger partial charge in [0.15, 0.2) is 11.6 Å². The fourth-order valence-corrected chi connectivity index (χ4v) is 4.55. The van der Waals surface area contributed by atoms with Gasteiger partial charge in [-0.3, -0.25) is 4.79 Å². The predicted octanol–water partition coefficient (Wildman–Crippen LogP) is 5.37. The summed E-state index contributed by atoms with van der Waals surface area (Å²) < 4.78 is 38.9. The van der Waals surface area contributed by atoms with Crippen LogP contribution in [0.2, 0.25) is 0 Å². The van der Waals surface area contributed by atoms with Gasteiger partial charge in [-0.05, 0) is 68.4 Å². The highest BCUT2D eigenvalue weighted by atomic mass is 19.2. The van der Waals surface area contributed by atoms with E-state index in [-0.39, 0.29) is 29.7 Å². The largest absolute Gasteiger partial charge is 0.494 e. The van der Waals surface area contributed by atoms with Crippen LogP contribution in [-0.4, -0.2) is 19.2 Å². The minimum atomic E-state index is -0.907. The van der Waals surface area contributed by atoms with Gasteiger partial charge in [-0.1, -0.05) is 19.4 Å². The molecule has 1 heterocycles. The fourth-order valence-electron chi connectivity index (χ4n) is 4.55. The molecule has 0 aromatic heterocycles. The van der Waals surface area contributed by atoms with Crippen LogP contribution in [0.15, 0.2) is 12.1 Å². The van der Waals surface area contributed by atoms with Crippen molar-refractivity contribution in [1.82, 2.24) is 0 Å². The van der Waals surface area contributed by atoms with Crippen LogP contribution >= 0.6 is 0 Å². The minimum Gasteiger partial charge on any atom is -0.494 e. The zero-order valence-corrected chi connectivity index (χ0v) is 15.6. The Morgan fingerprint density at radius 1 is 1.08 bits per heavy atom. The third-order valence-electron chi connectivity index (χ3n) is 6.07. The van der Waals surface area contributed by atoms with Crippen LogP contribution in [0.3, 0.4) is 0 Å². The summed E-state index contributed by atoms with van der Waals surface area (Å²) in [6.45, 7) is 2.09. The molecule has 2 atom stereocenters. The van der Waals surface area contributed by atoms with Crippen molar-refractivity contribution in [1.29, 1.82) is 0 Å². The molecule has 2 aliphatic rings.